The van der Waals surface area contributed by atoms with Gasteiger partial charge in [-0.2, -0.15) is 0 Å². The maximum Gasteiger partial charge on any atom is 0.277 e. The van der Waals surface area contributed by atoms with Crippen LogP contribution in [0.1, 0.15) is 31.6 Å². The van der Waals surface area contributed by atoms with Crippen LogP contribution in [-0.2, 0) is 6.61 Å². The van der Waals surface area contributed by atoms with Crippen molar-refractivity contribution < 1.29 is 14.3 Å². The van der Waals surface area contributed by atoms with E-state index in [0.29, 0.717) is 21.9 Å². The van der Waals surface area contributed by atoms with Gasteiger partial charge in [0.15, 0.2) is 6.61 Å². The average molecular weight is 341 g/mol. The van der Waals surface area contributed by atoms with Gasteiger partial charge < -0.3 is 14.3 Å². The van der Waals surface area contributed by atoms with Gasteiger partial charge in [0.2, 0.25) is 0 Å². The van der Waals surface area contributed by atoms with E-state index in [4.69, 9.17) is 20.8 Å². The second kappa shape index (κ2) is 7.35. The molecule has 0 radical (unpaired) electrons. The van der Waals surface area contributed by atoms with Gasteiger partial charge in [0.25, 0.3) is 11.1 Å². The zero-order valence-corrected chi connectivity index (χ0v) is 13.5. The molecular weight excluding hydrogens is 324 g/mol. The van der Waals surface area contributed by atoms with Crippen LogP contribution in [0.2, 0.25) is 5.02 Å². The fourth-order valence-electron chi connectivity index (χ4n) is 2.36. The van der Waals surface area contributed by atoms with Crippen molar-refractivity contribution in [1.82, 2.24) is 10.2 Å². The molecule has 2 aromatic rings. The molecule has 1 N–H and O–H groups in total. The average Bonchev–Trinajstić information content (AvgIpc) is 2.97. The molecule has 1 aliphatic rings. The first-order chi connectivity index (χ1) is 10.7. The molecule has 0 spiro atoms. The van der Waals surface area contributed by atoms with Crippen LogP contribution in [0, 0.1) is 0 Å². The van der Waals surface area contributed by atoms with Crippen molar-refractivity contribution in [1.29, 1.82) is 0 Å². The Hall–Kier alpha value is -1.24. The lowest BCUT2D eigenvalue weighted by molar-refractivity contribution is 0.136. The highest BCUT2D eigenvalue weighted by molar-refractivity contribution is 7.99. The first kappa shape index (κ1) is 15.6. The number of benzene rings is 1. The van der Waals surface area contributed by atoms with E-state index < -0.39 is 0 Å². The number of aromatic nitrogens is 2. The van der Waals surface area contributed by atoms with E-state index in [0.717, 1.165) is 25.7 Å². The molecule has 7 heteroatoms. The van der Waals surface area contributed by atoms with Crippen LogP contribution in [0.25, 0.3) is 0 Å². The molecule has 0 amide bonds. The van der Waals surface area contributed by atoms with Crippen molar-refractivity contribution in [2.24, 2.45) is 0 Å². The van der Waals surface area contributed by atoms with Crippen LogP contribution in [0.4, 0.5) is 0 Å². The summed E-state index contributed by atoms with van der Waals surface area (Å²) in [4.78, 5) is 0. The topological polar surface area (TPSA) is 68.4 Å². The van der Waals surface area contributed by atoms with E-state index in [9.17, 15) is 5.11 Å². The van der Waals surface area contributed by atoms with Gasteiger partial charge in [-0.1, -0.05) is 36.2 Å². The maximum atomic E-state index is 9.97. The second-order valence-electron chi connectivity index (χ2n) is 5.21. The molecule has 0 bridgehead atoms. The van der Waals surface area contributed by atoms with Crippen LogP contribution in [0.5, 0.6) is 5.75 Å². The first-order valence-electron chi connectivity index (χ1n) is 7.26. The minimum absolute atomic E-state index is 0.138. The molecular formula is C15H17ClN2O3S. The van der Waals surface area contributed by atoms with E-state index in [1.807, 2.05) is 0 Å². The van der Waals surface area contributed by atoms with Gasteiger partial charge in [0.05, 0.1) is 6.10 Å². The molecule has 1 heterocycles. The fourth-order valence-corrected chi connectivity index (χ4v) is 3.56. The second-order valence-corrected chi connectivity index (χ2v) is 6.84. The molecule has 1 saturated carbocycles. The Morgan fingerprint density at radius 2 is 2.00 bits per heavy atom. The van der Waals surface area contributed by atoms with Crippen molar-refractivity contribution in [2.75, 3.05) is 0 Å². The third-order valence-electron chi connectivity index (χ3n) is 3.54. The number of ether oxygens (including phenoxy) is 1. The van der Waals surface area contributed by atoms with Gasteiger partial charge in [-0.05, 0) is 37.1 Å². The van der Waals surface area contributed by atoms with E-state index in [1.165, 1.54) is 11.8 Å². The fraction of sp³-hybridized carbons (Fsp3) is 0.467. The minimum atomic E-state index is -0.292. The number of aliphatic hydroxyl groups excluding tert-OH is 1. The zero-order chi connectivity index (χ0) is 15.4. The molecule has 0 aliphatic heterocycles. The quantitative estimate of drug-likeness (QED) is 0.895. The van der Waals surface area contributed by atoms with Crippen LogP contribution in [0.3, 0.4) is 0 Å². The number of aliphatic hydroxyl groups is 1. The molecule has 1 fully saturated rings. The Labute approximate surface area is 138 Å². The van der Waals surface area contributed by atoms with Gasteiger partial charge in [-0.15, -0.1) is 10.2 Å². The molecule has 0 saturated heterocycles. The highest BCUT2D eigenvalue weighted by atomic mass is 35.5. The van der Waals surface area contributed by atoms with Gasteiger partial charge in [-0.3, -0.25) is 0 Å². The summed E-state index contributed by atoms with van der Waals surface area (Å²) in [6.07, 6.45) is 3.75. The minimum Gasteiger partial charge on any atom is -0.484 e. The summed E-state index contributed by atoms with van der Waals surface area (Å²) in [6, 6.07) is 7.09. The van der Waals surface area contributed by atoms with Gasteiger partial charge in [0, 0.05) is 10.3 Å². The lowest BCUT2D eigenvalue weighted by Gasteiger charge is -2.25. The van der Waals surface area contributed by atoms with Crippen LogP contribution in [-0.4, -0.2) is 26.7 Å². The summed E-state index contributed by atoms with van der Waals surface area (Å²) < 4.78 is 11.1. The van der Waals surface area contributed by atoms with Crippen LogP contribution < -0.4 is 4.74 Å². The Balaban J connectivity index is 1.53. The molecule has 118 valence electrons. The van der Waals surface area contributed by atoms with Crippen molar-refractivity contribution in [3.8, 4) is 5.75 Å². The van der Waals surface area contributed by atoms with Crippen LogP contribution >= 0.6 is 23.4 Å². The van der Waals surface area contributed by atoms with Gasteiger partial charge in [0.1, 0.15) is 5.75 Å². The lowest BCUT2D eigenvalue weighted by atomic mass is 9.97. The monoisotopic (exact) mass is 340 g/mol. The first-order valence-corrected chi connectivity index (χ1v) is 8.52. The van der Waals surface area contributed by atoms with Crippen molar-refractivity contribution in [3.05, 3.63) is 35.2 Å². The molecule has 22 heavy (non-hydrogen) atoms. The summed E-state index contributed by atoms with van der Waals surface area (Å²) in [5.74, 6) is 1.11. The molecule has 5 nitrogen and oxygen atoms in total. The van der Waals surface area contributed by atoms with Crippen LogP contribution in [0.15, 0.2) is 33.9 Å². The highest BCUT2D eigenvalue weighted by Crippen LogP contribution is 2.33. The summed E-state index contributed by atoms with van der Waals surface area (Å²) in [5, 5.41) is 19.2. The predicted molar refractivity (Wildman–Crippen MR) is 84.2 cm³/mol. The number of hydrogen-bond acceptors (Lipinski definition) is 6. The van der Waals surface area contributed by atoms with Crippen molar-refractivity contribution >= 4 is 23.4 Å². The largest absolute Gasteiger partial charge is 0.484 e. The SMILES string of the molecule is OC1CCCCC1Sc1nnc(COc2ccc(Cl)cc2)o1. The van der Waals surface area contributed by atoms with Crippen molar-refractivity contribution in [3.63, 3.8) is 0 Å². The van der Waals surface area contributed by atoms with Crippen molar-refractivity contribution in [2.45, 2.75) is 48.9 Å². The van der Waals surface area contributed by atoms with E-state index in [2.05, 4.69) is 10.2 Å². The zero-order valence-electron chi connectivity index (χ0n) is 11.9. The number of rotatable bonds is 5. The van der Waals surface area contributed by atoms with E-state index in [1.54, 1.807) is 24.3 Å². The summed E-state index contributed by atoms with van der Waals surface area (Å²) >= 11 is 7.27. The molecule has 1 aliphatic carbocycles. The number of nitrogens with zero attached hydrogens (tertiary/aromatic N) is 2. The molecule has 2 atom stereocenters. The third-order valence-corrected chi connectivity index (χ3v) is 5.02. The number of thioether (sulfide) groups is 1. The molecule has 1 aromatic heterocycles. The Morgan fingerprint density at radius 3 is 2.77 bits per heavy atom. The summed E-state index contributed by atoms with van der Waals surface area (Å²) in [6.45, 7) is 0.211. The Kier molecular flexibility index (Phi) is 5.23. The standard InChI is InChI=1S/C15H17ClN2O3S/c16-10-5-7-11(8-6-10)20-9-14-17-18-15(21-14)22-13-4-2-1-3-12(13)19/h5-8,12-13,19H,1-4,9H2. The molecule has 1 aromatic carbocycles. The predicted octanol–water partition coefficient (Wildman–Crippen LogP) is 3.70. The Morgan fingerprint density at radius 1 is 1.23 bits per heavy atom. The smallest absolute Gasteiger partial charge is 0.277 e. The van der Waals surface area contributed by atoms with E-state index in [-0.39, 0.29) is 18.0 Å². The van der Waals surface area contributed by atoms with Gasteiger partial charge in [-0.25, -0.2) is 0 Å². The van der Waals surface area contributed by atoms with E-state index >= 15 is 0 Å². The van der Waals surface area contributed by atoms with Gasteiger partial charge >= 0.3 is 0 Å². The molecule has 3 rings (SSSR count). The lowest BCUT2D eigenvalue weighted by Crippen LogP contribution is -2.26. The normalized spacial score (nSPS) is 21.7. The Bertz CT molecular complexity index is 605. The molecule has 2 unspecified atom stereocenters. The number of hydrogen-bond donors (Lipinski definition) is 1. The number of halogens is 1. The summed E-state index contributed by atoms with van der Waals surface area (Å²) in [5.41, 5.74) is 0. The summed E-state index contributed by atoms with van der Waals surface area (Å²) in [7, 11) is 0. The third kappa shape index (κ3) is 4.15. The highest BCUT2D eigenvalue weighted by Gasteiger charge is 2.26. The maximum absolute atomic E-state index is 9.97.